The molecule has 0 bridgehead atoms. The molecule has 2 aliphatic rings. The molecule has 3 rings (SSSR count). The number of hydrogen-bond acceptors (Lipinski definition) is 4. The molecule has 108 valence electrons. The van der Waals surface area contributed by atoms with Gasteiger partial charge in [-0.05, 0) is 47.0 Å². The Balaban J connectivity index is 1.94. The number of piperidine rings is 1. The van der Waals surface area contributed by atoms with Crippen LogP contribution in [0.5, 0.6) is 0 Å². The molecule has 0 amide bonds. The summed E-state index contributed by atoms with van der Waals surface area (Å²) in [6.07, 6.45) is 6.56. The van der Waals surface area contributed by atoms with E-state index in [4.69, 9.17) is 16.3 Å². The Kier molecular flexibility index (Phi) is 3.67. The number of esters is 1. The van der Waals surface area contributed by atoms with E-state index in [1.807, 2.05) is 0 Å². The predicted molar refractivity (Wildman–Crippen MR) is 81.4 cm³/mol. The minimum Gasteiger partial charge on any atom is -0.465 e. The normalized spacial score (nSPS) is 20.1. The molecule has 1 saturated heterocycles. The van der Waals surface area contributed by atoms with E-state index >= 15 is 0 Å². The minimum absolute atomic E-state index is 0.374. The summed E-state index contributed by atoms with van der Waals surface area (Å²) in [7, 11) is 1.38. The van der Waals surface area contributed by atoms with Crippen LogP contribution >= 0.6 is 27.5 Å². The molecule has 4 nitrogen and oxygen atoms in total. The number of carbonyl (C=O) groups excluding carboxylic acids is 1. The monoisotopic (exact) mass is 358 g/mol. The van der Waals surface area contributed by atoms with Gasteiger partial charge in [0.05, 0.1) is 17.3 Å². The summed E-state index contributed by atoms with van der Waals surface area (Å²) < 4.78 is 5.52. The number of carbonyl (C=O) groups is 1. The first-order valence-electron chi connectivity index (χ1n) is 6.74. The quantitative estimate of drug-likeness (QED) is 0.597. The van der Waals surface area contributed by atoms with Gasteiger partial charge in [0.25, 0.3) is 0 Å². The molecule has 2 fully saturated rings. The first-order valence-corrected chi connectivity index (χ1v) is 7.91. The SMILES string of the molecule is COC(=O)c1cnc(Cl)c(Br)c1N1CCC2(CC1)CC2. The fourth-order valence-corrected chi connectivity index (χ4v) is 3.61. The summed E-state index contributed by atoms with van der Waals surface area (Å²) in [5.41, 5.74) is 1.87. The van der Waals surface area contributed by atoms with Gasteiger partial charge < -0.3 is 9.64 Å². The van der Waals surface area contributed by atoms with E-state index in [-0.39, 0.29) is 5.97 Å². The third-order valence-corrected chi connectivity index (χ3v) is 5.72. The maximum Gasteiger partial charge on any atom is 0.341 e. The van der Waals surface area contributed by atoms with Crippen molar-refractivity contribution in [3.8, 4) is 0 Å². The van der Waals surface area contributed by atoms with Crippen molar-refractivity contribution in [2.24, 2.45) is 5.41 Å². The van der Waals surface area contributed by atoms with E-state index in [1.165, 1.54) is 39.0 Å². The molecule has 1 aliphatic heterocycles. The Morgan fingerprint density at radius 2 is 2.05 bits per heavy atom. The lowest BCUT2D eigenvalue weighted by Crippen LogP contribution is -2.35. The zero-order chi connectivity index (χ0) is 14.3. The maximum absolute atomic E-state index is 11.9. The standard InChI is InChI=1S/C14H16BrClN2O2/c1-20-13(19)9-8-17-12(16)10(15)11(9)18-6-4-14(2-3-14)5-7-18/h8H,2-7H2,1H3. The van der Waals surface area contributed by atoms with Gasteiger partial charge in [-0.1, -0.05) is 11.6 Å². The molecular formula is C14H16BrClN2O2. The number of anilines is 1. The topological polar surface area (TPSA) is 42.4 Å². The summed E-state index contributed by atoms with van der Waals surface area (Å²) in [6, 6.07) is 0. The zero-order valence-electron chi connectivity index (χ0n) is 11.3. The van der Waals surface area contributed by atoms with Crippen molar-refractivity contribution in [3.63, 3.8) is 0 Å². The zero-order valence-corrected chi connectivity index (χ0v) is 13.6. The van der Waals surface area contributed by atoms with Crippen LogP contribution in [0.25, 0.3) is 0 Å². The van der Waals surface area contributed by atoms with E-state index in [0.717, 1.165) is 18.8 Å². The molecule has 6 heteroatoms. The number of ether oxygens (including phenoxy) is 1. The molecule has 1 saturated carbocycles. The Hall–Kier alpha value is -0.810. The van der Waals surface area contributed by atoms with E-state index in [0.29, 0.717) is 20.6 Å². The van der Waals surface area contributed by atoms with Crippen LogP contribution in [-0.2, 0) is 4.74 Å². The molecule has 1 aromatic rings. The molecule has 0 aromatic carbocycles. The lowest BCUT2D eigenvalue weighted by atomic mass is 9.93. The summed E-state index contributed by atoms with van der Waals surface area (Å²) in [4.78, 5) is 18.2. The van der Waals surface area contributed by atoms with Gasteiger partial charge in [0.15, 0.2) is 0 Å². The van der Waals surface area contributed by atoms with E-state index in [1.54, 1.807) is 0 Å². The summed E-state index contributed by atoms with van der Waals surface area (Å²) in [5.74, 6) is -0.378. The smallest absolute Gasteiger partial charge is 0.341 e. The Labute approximate surface area is 131 Å². The average molecular weight is 360 g/mol. The van der Waals surface area contributed by atoms with Crippen LogP contribution in [0.1, 0.15) is 36.0 Å². The third-order valence-electron chi connectivity index (χ3n) is 4.45. The molecule has 20 heavy (non-hydrogen) atoms. The third kappa shape index (κ3) is 2.42. The first kappa shape index (κ1) is 14.1. The highest BCUT2D eigenvalue weighted by molar-refractivity contribution is 9.10. The minimum atomic E-state index is -0.378. The van der Waals surface area contributed by atoms with E-state index in [2.05, 4.69) is 25.8 Å². The van der Waals surface area contributed by atoms with Gasteiger partial charge in [-0.15, -0.1) is 0 Å². The van der Waals surface area contributed by atoms with Gasteiger partial charge in [0, 0.05) is 19.3 Å². The molecule has 0 N–H and O–H groups in total. The lowest BCUT2D eigenvalue weighted by Gasteiger charge is -2.35. The predicted octanol–water partition coefficient (Wildman–Crippen LogP) is 3.66. The van der Waals surface area contributed by atoms with Gasteiger partial charge in [-0.2, -0.15) is 0 Å². The van der Waals surface area contributed by atoms with Crippen LogP contribution in [0, 0.1) is 5.41 Å². The van der Waals surface area contributed by atoms with Crippen molar-refractivity contribution in [3.05, 3.63) is 21.4 Å². The van der Waals surface area contributed by atoms with Crippen LogP contribution < -0.4 is 4.90 Å². The largest absolute Gasteiger partial charge is 0.465 e. The highest BCUT2D eigenvalue weighted by atomic mass is 79.9. The number of pyridine rings is 1. The summed E-state index contributed by atoms with van der Waals surface area (Å²) in [6.45, 7) is 1.89. The molecule has 0 atom stereocenters. The highest BCUT2D eigenvalue weighted by Gasteiger charge is 2.45. The first-order chi connectivity index (χ1) is 9.56. The van der Waals surface area contributed by atoms with Crippen LogP contribution in [0.15, 0.2) is 10.7 Å². The summed E-state index contributed by atoms with van der Waals surface area (Å²) >= 11 is 9.55. The number of nitrogens with zero attached hydrogens (tertiary/aromatic N) is 2. The lowest BCUT2D eigenvalue weighted by molar-refractivity contribution is 0.0601. The maximum atomic E-state index is 11.9. The van der Waals surface area contributed by atoms with E-state index in [9.17, 15) is 4.79 Å². The molecule has 0 radical (unpaired) electrons. The van der Waals surface area contributed by atoms with Gasteiger partial charge in [0.2, 0.25) is 0 Å². The van der Waals surface area contributed by atoms with Crippen LogP contribution in [-0.4, -0.2) is 31.2 Å². The molecule has 1 aliphatic carbocycles. The number of aromatic nitrogens is 1. The van der Waals surface area contributed by atoms with Crippen molar-refractivity contribution in [2.45, 2.75) is 25.7 Å². The molecule has 0 unspecified atom stereocenters. The Morgan fingerprint density at radius 1 is 1.40 bits per heavy atom. The van der Waals surface area contributed by atoms with Crippen LogP contribution in [0.2, 0.25) is 5.15 Å². The van der Waals surface area contributed by atoms with Crippen LogP contribution in [0.4, 0.5) is 5.69 Å². The second-order valence-corrected chi connectivity index (χ2v) is 6.75. The second kappa shape index (κ2) is 5.19. The molecule has 1 aromatic heterocycles. The Bertz CT molecular complexity index is 550. The second-order valence-electron chi connectivity index (χ2n) is 5.60. The number of hydrogen-bond donors (Lipinski definition) is 0. The van der Waals surface area contributed by atoms with Crippen molar-refractivity contribution < 1.29 is 9.53 Å². The van der Waals surface area contributed by atoms with Crippen molar-refractivity contribution in [1.82, 2.24) is 4.98 Å². The number of rotatable bonds is 2. The van der Waals surface area contributed by atoms with Gasteiger partial charge in [-0.3, -0.25) is 0 Å². The van der Waals surface area contributed by atoms with E-state index < -0.39 is 0 Å². The molecule has 1 spiro atoms. The van der Waals surface area contributed by atoms with Gasteiger partial charge in [-0.25, -0.2) is 9.78 Å². The fraction of sp³-hybridized carbons (Fsp3) is 0.571. The highest BCUT2D eigenvalue weighted by Crippen LogP contribution is 2.54. The van der Waals surface area contributed by atoms with Gasteiger partial charge in [0.1, 0.15) is 10.7 Å². The summed E-state index contributed by atoms with van der Waals surface area (Å²) in [5, 5.41) is 0.374. The molecule has 2 heterocycles. The number of halogens is 2. The fourth-order valence-electron chi connectivity index (χ4n) is 2.90. The average Bonchev–Trinajstić information content (AvgIpc) is 3.22. The number of methoxy groups -OCH3 is 1. The van der Waals surface area contributed by atoms with Crippen LogP contribution in [0.3, 0.4) is 0 Å². The van der Waals surface area contributed by atoms with Crippen molar-refractivity contribution in [2.75, 3.05) is 25.1 Å². The Morgan fingerprint density at radius 3 is 2.60 bits per heavy atom. The van der Waals surface area contributed by atoms with Crippen molar-refractivity contribution >= 4 is 39.2 Å². The van der Waals surface area contributed by atoms with Crippen molar-refractivity contribution in [1.29, 1.82) is 0 Å². The van der Waals surface area contributed by atoms with Gasteiger partial charge >= 0.3 is 5.97 Å². The molecular weight excluding hydrogens is 344 g/mol.